The molecular weight excluding hydrogens is 606 g/mol. The number of benzene rings is 5. The van der Waals surface area contributed by atoms with E-state index >= 15 is 0 Å². The fraction of sp³-hybridized carbons (Fsp3) is 0.295. The Labute approximate surface area is 291 Å². The summed E-state index contributed by atoms with van der Waals surface area (Å²) in [6.07, 6.45) is 2.42. The summed E-state index contributed by atoms with van der Waals surface area (Å²) < 4.78 is 11.6. The molecule has 0 heterocycles. The van der Waals surface area contributed by atoms with Crippen LogP contribution in [0.15, 0.2) is 121 Å². The molecular formula is C44H47NO4. The van der Waals surface area contributed by atoms with E-state index in [1.165, 1.54) is 44.5 Å². The van der Waals surface area contributed by atoms with Crippen molar-refractivity contribution in [3.05, 3.63) is 171 Å². The Morgan fingerprint density at radius 3 is 2.08 bits per heavy atom. The first-order chi connectivity index (χ1) is 23.9. The van der Waals surface area contributed by atoms with Gasteiger partial charge >= 0.3 is 5.97 Å². The molecule has 0 radical (unpaired) electrons. The van der Waals surface area contributed by atoms with Gasteiger partial charge in [0.2, 0.25) is 0 Å². The lowest BCUT2D eigenvalue weighted by Gasteiger charge is -2.31. The van der Waals surface area contributed by atoms with E-state index in [1.54, 1.807) is 0 Å². The second-order valence-electron chi connectivity index (χ2n) is 13.1. The molecule has 5 heteroatoms. The quantitative estimate of drug-likeness (QED) is 0.130. The van der Waals surface area contributed by atoms with Crippen molar-refractivity contribution in [2.75, 3.05) is 26.8 Å². The molecule has 49 heavy (non-hydrogen) atoms. The minimum atomic E-state index is -0.943. The molecule has 6 rings (SSSR count). The predicted molar refractivity (Wildman–Crippen MR) is 197 cm³/mol. The van der Waals surface area contributed by atoms with E-state index in [1.807, 2.05) is 31.2 Å². The molecule has 0 amide bonds. The molecule has 0 bridgehead atoms. The van der Waals surface area contributed by atoms with Crippen LogP contribution in [-0.2, 0) is 35.2 Å². The maximum atomic E-state index is 11.5. The summed E-state index contributed by atoms with van der Waals surface area (Å²) in [4.78, 5) is 13.9. The van der Waals surface area contributed by atoms with E-state index in [9.17, 15) is 9.90 Å². The summed E-state index contributed by atoms with van der Waals surface area (Å²) in [5, 5.41) is 9.44. The molecule has 0 aliphatic heterocycles. The van der Waals surface area contributed by atoms with E-state index in [2.05, 4.69) is 116 Å². The average Bonchev–Trinajstić information content (AvgIpc) is 3.29. The van der Waals surface area contributed by atoms with Crippen LogP contribution >= 0.6 is 0 Å². The smallest absolute Gasteiger partial charge is 0.333 e. The van der Waals surface area contributed by atoms with Crippen molar-refractivity contribution in [3.63, 3.8) is 0 Å². The topological polar surface area (TPSA) is 59.0 Å². The molecule has 0 fully saturated rings. The normalized spacial score (nSPS) is 15.1. The van der Waals surface area contributed by atoms with Crippen molar-refractivity contribution in [1.29, 1.82) is 0 Å². The van der Waals surface area contributed by atoms with E-state index in [0.29, 0.717) is 25.6 Å². The number of hydrogen-bond acceptors (Lipinski definition) is 4. The number of carboxylic acid groups (broad SMARTS) is 1. The molecule has 0 spiro atoms. The Morgan fingerprint density at radius 1 is 0.776 bits per heavy atom. The monoisotopic (exact) mass is 653 g/mol. The Morgan fingerprint density at radius 2 is 1.41 bits per heavy atom. The second-order valence-corrected chi connectivity index (χ2v) is 13.1. The molecule has 3 unspecified atom stereocenters. The third-order valence-corrected chi connectivity index (χ3v) is 9.82. The van der Waals surface area contributed by atoms with Crippen LogP contribution in [0.25, 0.3) is 0 Å². The molecule has 1 aliphatic carbocycles. The Hall–Kier alpha value is -4.71. The largest absolute Gasteiger partial charge is 0.492 e. The highest BCUT2D eigenvalue weighted by molar-refractivity contribution is 5.72. The van der Waals surface area contributed by atoms with Gasteiger partial charge in [0.25, 0.3) is 0 Å². The van der Waals surface area contributed by atoms with Crippen LogP contribution in [0.5, 0.6) is 5.75 Å². The van der Waals surface area contributed by atoms with E-state index in [-0.39, 0.29) is 6.04 Å². The van der Waals surface area contributed by atoms with Crippen molar-refractivity contribution in [3.8, 4) is 5.75 Å². The SMILES string of the molecule is CCOC(Cc1ccc(OCCN(C)C2c3ccc(Cc4ccccc4)cc3CCc3cc(C(C)c4ccccc4)ccc32)cc1)C(=O)O. The number of carboxylic acids is 1. The fourth-order valence-electron chi connectivity index (χ4n) is 7.10. The van der Waals surface area contributed by atoms with E-state index < -0.39 is 12.1 Å². The summed E-state index contributed by atoms with van der Waals surface area (Å²) in [6, 6.07) is 43.5. The third-order valence-electron chi connectivity index (χ3n) is 9.82. The second kappa shape index (κ2) is 16.1. The van der Waals surface area contributed by atoms with Crippen molar-refractivity contribution in [1.82, 2.24) is 4.90 Å². The zero-order valence-corrected chi connectivity index (χ0v) is 28.8. The number of hydrogen-bond donors (Lipinski definition) is 1. The summed E-state index contributed by atoms with van der Waals surface area (Å²) in [5.41, 5.74) is 11.8. The van der Waals surface area contributed by atoms with Crippen LogP contribution in [0.3, 0.4) is 0 Å². The van der Waals surface area contributed by atoms with Crippen LogP contribution in [0.4, 0.5) is 0 Å². The predicted octanol–water partition coefficient (Wildman–Crippen LogP) is 8.66. The highest BCUT2D eigenvalue weighted by atomic mass is 16.5. The third kappa shape index (κ3) is 8.48. The van der Waals surface area contributed by atoms with Gasteiger partial charge in [-0.05, 0) is 95.4 Å². The first-order valence-electron chi connectivity index (χ1n) is 17.5. The molecule has 3 atom stereocenters. The summed E-state index contributed by atoms with van der Waals surface area (Å²) >= 11 is 0. The number of rotatable bonds is 14. The zero-order chi connectivity index (χ0) is 34.2. The first-order valence-corrected chi connectivity index (χ1v) is 17.5. The van der Waals surface area contributed by atoms with Gasteiger partial charge in [-0.2, -0.15) is 0 Å². The fourth-order valence-corrected chi connectivity index (χ4v) is 7.10. The van der Waals surface area contributed by atoms with Gasteiger partial charge in [-0.15, -0.1) is 0 Å². The van der Waals surface area contributed by atoms with Crippen LogP contribution in [0.1, 0.15) is 75.9 Å². The summed E-state index contributed by atoms with van der Waals surface area (Å²) in [6.45, 7) is 5.75. The summed E-state index contributed by atoms with van der Waals surface area (Å²) in [7, 11) is 2.20. The van der Waals surface area contributed by atoms with Gasteiger partial charge < -0.3 is 14.6 Å². The lowest BCUT2D eigenvalue weighted by atomic mass is 9.87. The lowest BCUT2D eigenvalue weighted by molar-refractivity contribution is -0.149. The highest BCUT2D eigenvalue weighted by Crippen LogP contribution is 2.38. The van der Waals surface area contributed by atoms with E-state index in [0.717, 1.165) is 37.1 Å². The van der Waals surface area contributed by atoms with Crippen molar-refractivity contribution < 1.29 is 19.4 Å². The lowest BCUT2D eigenvalue weighted by Crippen LogP contribution is -2.30. The number of nitrogens with zero attached hydrogens (tertiary/aromatic N) is 1. The van der Waals surface area contributed by atoms with Crippen molar-refractivity contribution >= 4 is 5.97 Å². The molecule has 5 nitrogen and oxygen atoms in total. The number of ether oxygens (including phenoxy) is 2. The van der Waals surface area contributed by atoms with Gasteiger partial charge in [-0.3, -0.25) is 4.90 Å². The van der Waals surface area contributed by atoms with Gasteiger partial charge in [0.05, 0.1) is 6.04 Å². The minimum absolute atomic E-state index is 0.108. The number of aliphatic carboxylic acids is 1. The number of likely N-dealkylation sites (N-methyl/N-ethyl adjacent to an activating group) is 1. The molecule has 1 N–H and O–H groups in total. The van der Waals surface area contributed by atoms with Crippen LogP contribution in [0.2, 0.25) is 0 Å². The standard InChI is InChI=1S/C44H47NO4/c1-4-48-42(44(46)47)29-33-15-21-39(22-16-33)49-26-25-45(3)43-40-23-17-34(27-32-11-7-5-8-12-32)28-37(40)18-19-38-30-36(20-24-41(38)43)31(2)35-13-9-6-10-14-35/h5-17,20-24,28,30-31,42-43H,4,18-19,25-27,29H2,1-3H3,(H,46,47). The Kier molecular flexibility index (Phi) is 11.2. The molecule has 5 aromatic carbocycles. The van der Waals surface area contributed by atoms with Gasteiger partial charge in [-0.1, -0.05) is 116 Å². The Balaban J connectivity index is 1.22. The summed E-state index contributed by atoms with van der Waals surface area (Å²) in [5.74, 6) is 0.146. The number of carbonyl (C=O) groups is 1. The molecule has 0 aromatic heterocycles. The minimum Gasteiger partial charge on any atom is -0.492 e. The first kappa shape index (κ1) is 34.2. The highest BCUT2D eigenvalue weighted by Gasteiger charge is 2.28. The van der Waals surface area contributed by atoms with Crippen LogP contribution < -0.4 is 4.74 Å². The average molecular weight is 654 g/mol. The van der Waals surface area contributed by atoms with Gasteiger partial charge in [0.1, 0.15) is 12.4 Å². The maximum absolute atomic E-state index is 11.5. The van der Waals surface area contributed by atoms with E-state index in [4.69, 9.17) is 9.47 Å². The van der Waals surface area contributed by atoms with Crippen molar-refractivity contribution in [2.24, 2.45) is 0 Å². The molecule has 0 saturated heterocycles. The zero-order valence-electron chi connectivity index (χ0n) is 28.8. The van der Waals surface area contributed by atoms with Crippen molar-refractivity contribution in [2.45, 2.75) is 57.6 Å². The number of aryl methyl sites for hydroxylation is 2. The van der Waals surface area contributed by atoms with Crippen LogP contribution in [-0.4, -0.2) is 48.9 Å². The van der Waals surface area contributed by atoms with Crippen LogP contribution in [0, 0.1) is 0 Å². The van der Waals surface area contributed by atoms with Gasteiger partial charge in [0, 0.05) is 25.5 Å². The molecule has 1 aliphatic rings. The maximum Gasteiger partial charge on any atom is 0.333 e. The van der Waals surface area contributed by atoms with Gasteiger partial charge in [0.15, 0.2) is 6.10 Å². The van der Waals surface area contributed by atoms with Gasteiger partial charge in [-0.25, -0.2) is 4.79 Å². The Bertz CT molecular complexity index is 1820. The molecule has 0 saturated carbocycles. The molecule has 252 valence electrons. The molecule has 5 aromatic rings. The number of fused-ring (bicyclic) bond motifs is 2.